The Morgan fingerprint density at radius 1 is 1.03 bits per heavy atom. The van der Waals surface area contributed by atoms with Gasteiger partial charge in [0.05, 0.1) is 16.5 Å². The van der Waals surface area contributed by atoms with E-state index in [2.05, 4.69) is 10.2 Å². The molecule has 5 nitrogen and oxygen atoms in total. The summed E-state index contributed by atoms with van der Waals surface area (Å²) in [7, 11) is 0. The molecule has 1 aliphatic heterocycles. The molecule has 8 heteroatoms. The highest BCUT2D eigenvalue weighted by molar-refractivity contribution is 8.00. The van der Waals surface area contributed by atoms with E-state index in [4.69, 9.17) is 23.2 Å². The Kier molecular flexibility index (Phi) is 7.92. The van der Waals surface area contributed by atoms with Crippen molar-refractivity contribution in [1.29, 1.82) is 0 Å². The second kappa shape index (κ2) is 10.4. The van der Waals surface area contributed by atoms with Gasteiger partial charge >= 0.3 is 0 Å². The Balaban J connectivity index is 1.53. The Morgan fingerprint density at radius 3 is 2.30 bits per heavy atom. The number of piperazine rings is 1. The van der Waals surface area contributed by atoms with Crippen molar-refractivity contribution < 1.29 is 9.59 Å². The van der Waals surface area contributed by atoms with Crippen molar-refractivity contribution in [2.45, 2.75) is 18.7 Å². The SMILES string of the molecule is CC(C)C(=O)N1CCN(c2ccc(NC(=O)CSc3ccc(Cl)cc3)cc2Cl)CC1. The lowest BCUT2D eigenvalue weighted by atomic mass is 10.1. The topological polar surface area (TPSA) is 52.7 Å². The van der Waals surface area contributed by atoms with E-state index in [1.165, 1.54) is 11.8 Å². The van der Waals surface area contributed by atoms with Gasteiger partial charge in [0.15, 0.2) is 0 Å². The van der Waals surface area contributed by atoms with Gasteiger partial charge in [0.1, 0.15) is 0 Å². The van der Waals surface area contributed by atoms with Crippen LogP contribution in [0.1, 0.15) is 13.8 Å². The van der Waals surface area contributed by atoms with Crippen molar-refractivity contribution in [2.75, 3.05) is 42.1 Å². The molecule has 1 saturated heterocycles. The third-order valence-electron chi connectivity index (χ3n) is 4.84. The summed E-state index contributed by atoms with van der Waals surface area (Å²) in [6.07, 6.45) is 0. The van der Waals surface area contributed by atoms with E-state index >= 15 is 0 Å². The van der Waals surface area contributed by atoms with Crippen LogP contribution < -0.4 is 10.2 Å². The van der Waals surface area contributed by atoms with Crippen molar-refractivity contribution in [2.24, 2.45) is 5.92 Å². The summed E-state index contributed by atoms with van der Waals surface area (Å²) in [6.45, 7) is 6.70. The molecule has 0 aromatic heterocycles. The van der Waals surface area contributed by atoms with E-state index in [9.17, 15) is 9.59 Å². The summed E-state index contributed by atoms with van der Waals surface area (Å²) < 4.78 is 0. The van der Waals surface area contributed by atoms with E-state index in [1.807, 2.05) is 43.0 Å². The minimum Gasteiger partial charge on any atom is -0.367 e. The van der Waals surface area contributed by atoms with Crippen LogP contribution in [0.15, 0.2) is 47.4 Å². The minimum atomic E-state index is -0.0976. The Bertz CT molecular complexity index is 898. The van der Waals surface area contributed by atoms with Crippen molar-refractivity contribution in [1.82, 2.24) is 4.90 Å². The fourth-order valence-electron chi connectivity index (χ4n) is 3.25. The van der Waals surface area contributed by atoms with Gasteiger partial charge in [-0.3, -0.25) is 9.59 Å². The van der Waals surface area contributed by atoms with Crippen LogP contribution in [0, 0.1) is 5.92 Å². The van der Waals surface area contributed by atoms with Crippen LogP contribution in [0.2, 0.25) is 10.0 Å². The molecular weight excluding hydrogens is 441 g/mol. The second-order valence-electron chi connectivity index (χ2n) is 7.42. The molecule has 1 aliphatic rings. The van der Waals surface area contributed by atoms with Gasteiger partial charge in [-0.1, -0.05) is 37.0 Å². The molecule has 1 N–H and O–H groups in total. The predicted octanol–water partition coefficient (Wildman–Crippen LogP) is 5.03. The lowest BCUT2D eigenvalue weighted by molar-refractivity contribution is -0.134. The summed E-state index contributed by atoms with van der Waals surface area (Å²) in [5.41, 5.74) is 1.58. The first-order chi connectivity index (χ1) is 14.3. The molecule has 30 heavy (non-hydrogen) atoms. The van der Waals surface area contributed by atoms with Crippen molar-refractivity contribution in [3.8, 4) is 0 Å². The molecule has 0 saturated carbocycles. The quantitative estimate of drug-likeness (QED) is 0.607. The molecule has 0 spiro atoms. The van der Waals surface area contributed by atoms with E-state index in [1.54, 1.807) is 18.2 Å². The Labute approximate surface area is 191 Å². The van der Waals surface area contributed by atoms with Crippen molar-refractivity contribution >= 4 is 58.2 Å². The predicted molar refractivity (Wildman–Crippen MR) is 126 cm³/mol. The number of carbonyl (C=O) groups excluding carboxylic acids is 2. The number of benzene rings is 2. The smallest absolute Gasteiger partial charge is 0.234 e. The number of hydrogen-bond acceptors (Lipinski definition) is 4. The molecule has 0 radical (unpaired) electrons. The molecule has 1 fully saturated rings. The molecule has 1 heterocycles. The fourth-order valence-corrected chi connectivity index (χ4v) is 4.38. The van der Waals surface area contributed by atoms with E-state index in [0.29, 0.717) is 34.6 Å². The van der Waals surface area contributed by atoms with Crippen LogP contribution in [0.25, 0.3) is 0 Å². The molecule has 0 bridgehead atoms. The van der Waals surface area contributed by atoms with Crippen LogP contribution in [-0.2, 0) is 9.59 Å². The maximum absolute atomic E-state index is 12.3. The Morgan fingerprint density at radius 2 is 1.70 bits per heavy atom. The summed E-state index contributed by atoms with van der Waals surface area (Å²) in [5, 5.41) is 4.14. The van der Waals surface area contributed by atoms with Crippen LogP contribution >= 0.6 is 35.0 Å². The largest absolute Gasteiger partial charge is 0.367 e. The number of carbonyl (C=O) groups is 2. The van der Waals surface area contributed by atoms with Crippen LogP contribution in [0.4, 0.5) is 11.4 Å². The van der Waals surface area contributed by atoms with Gasteiger partial charge in [0.2, 0.25) is 11.8 Å². The maximum Gasteiger partial charge on any atom is 0.234 e. The number of nitrogens with zero attached hydrogens (tertiary/aromatic N) is 2. The van der Waals surface area contributed by atoms with Gasteiger partial charge in [-0.05, 0) is 42.5 Å². The highest BCUT2D eigenvalue weighted by Gasteiger charge is 2.24. The summed E-state index contributed by atoms with van der Waals surface area (Å²) >= 11 is 13.8. The monoisotopic (exact) mass is 465 g/mol. The number of thioether (sulfide) groups is 1. The highest BCUT2D eigenvalue weighted by atomic mass is 35.5. The van der Waals surface area contributed by atoms with Gasteiger partial charge in [0.25, 0.3) is 0 Å². The van der Waals surface area contributed by atoms with E-state index < -0.39 is 0 Å². The zero-order chi connectivity index (χ0) is 21.7. The lowest BCUT2D eigenvalue weighted by Crippen LogP contribution is -2.50. The minimum absolute atomic E-state index is 0.0147. The molecule has 0 unspecified atom stereocenters. The van der Waals surface area contributed by atoms with Crippen molar-refractivity contribution in [3.63, 3.8) is 0 Å². The third-order valence-corrected chi connectivity index (χ3v) is 6.41. The first-order valence-corrected chi connectivity index (χ1v) is 11.6. The third kappa shape index (κ3) is 6.06. The molecule has 0 aliphatic carbocycles. The molecule has 3 rings (SSSR count). The summed E-state index contributed by atoms with van der Waals surface area (Å²) in [4.78, 5) is 29.5. The van der Waals surface area contributed by atoms with E-state index in [-0.39, 0.29) is 17.7 Å². The number of anilines is 2. The van der Waals surface area contributed by atoms with Crippen LogP contribution in [0.3, 0.4) is 0 Å². The number of nitrogens with one attached hydrogen (secondary N) is 1. The van der Waals surface area contributed by atoms with Crippen LogP contribution in [-0.4, -0.2) is 48.6 Å². The maximum atomic E-state index is 12.3. The van der Waals surface area contributed by atoms with Gasteiger partial charge in [0, 0.05) is 47.7 Å². The number of amides is 2. The standard InChI is InChI=1S/C22H25Cl2N3O2S/c1-15(2)22(29)27-11-9-26(10-12-27)20-8-5-17(13-19(20)24)25-21(28)14-30-18-6-3-16(23)4-7-18/h3-8,13,15H,9-12,14H2,1-2H3,(H,25,28). The average molecular weight is 466 g/mol. The van der Waals surface area contributed by atoms with Gasteiger partial charge in [-0.25, -0.2) is 0 Å². The van der Waals surface area contributed by atoms with Crippen molar-refractivity contribution in [3.05, 3.63) is 52.5 Å². The van der Waals surface area contributed by atoms with Gasteiger partial charge < -0.3 is 15.1 Å². The molecular formula is C22H25Cl2N3O2S. The lowest BCUT2D eigenvalue weighted by Gasteiger charge is -2.37. The van der Waals surface area contributed by atoms with Gasteiger partial charge in [-0.2, -0.15) is 0 Å². The second-order valence-corrected chi connectivity index (χ2v) is 9.32. The normalized spacial score (nSPS) is 14.2. The number of halogens is 2. The molecule has 0 atom stereocenters. The highest BCUT2D eigenvalue weighted by Crippen LogP contribution is 2.30. The first-order valence-electron chi connectivity index (χ1n) is 9.85. The van der Waals surface area contributed by atoms with Gasteiger partial charge in [-0.15, -0.1) is 11.8 Å². The molecule has 2 aromatic carbocycles. The van der Waals surface area contributed by atoms with E-state index in [0.717, 1.165) is 23.7 Å². The zero-order valence-electron chi connectivity index (χ0n) is 17.0. The fraction of sp³-hybridized carbons (Fsp3) is 0.364. The number of hydrogen-bond donors (Lipinski definition) is 1. The summed E-state index contributed by atoms with van der Waals surface area (Å²) in [6, 6.07) is 12.9. The zero-order valence-corrected chi connectivity index (χ0v) is 19.4. The first kappa shape index (κ1) is 22.8. The summed E-state index contributed by atoms with van der Waals surface area (Å²) in [5.74, 6) is 0.406. The molecule has 160 valence electrons. The molecule has 2 amide bonds. The van der Waals surface area contributed by atoms with Crippen LogP contribution in [0.5, 0.6) is 0 Å². The number of rotatable bonds is 6. The molecule has 2 aromatic rings. The Hall–Kier alpha value is -1.89. The average Bonchev–Trinajstić information content (AvgIpc) is 2.73.